The monoisotopic (exact) mass is 252 g/mol. The molecule has 0 heterocycles. The van der Waals surface area contributed by atoms with E-state index in [1.807, 2.05) is 0 Å². The van der Waals surface area contributed by atoms with Crippen LogP contribution in [-0.4, -0.2) is 18.5 Å². The molecule has 0 saturated heterocycles. The van der Waals surface area contributed by atoms with Gasteiger partial charge in [-0.05, 0) is 17.7 Å². The van der Waals surface area contributed by atoms with Crippen LogP contribution in [0, 0.1) is 0 Å². The highest BCUT2D eigenvalue weighted by molar-refractivity contribution is 6.64. The molecule has 0 aliphatic heterocycles. The van der Waals surface area contributed by atoms with Crippen molar-refractivity contribution in [3.8, 4) is 5.75 Å². The molecule has 0 bridgehead atoms. The number of methoxy groups -OCH3 is 1. The van der Waals surface area contributed by atoms with Crippen LogP contribution in [0.4, 0.5) is 13.2 Å². The first-order valence-corrected chi connectivity index (χ1v) is 4.64. The van der Waals surface area contributed by atoms with Gasteiger partial charge in [-0.25, -0.2) is 0 Å². The average Bonchev–Trinajstić information content (AvgIpc) is 2.15. The molecule has 16 heavy (non-hydrogen) atoms. The molecule has 0 aromatic heterocycles. The minimum atomic E-state index is -4.73. The molecule has 6 heteroatoms. The normalized spacial score (nSPS) is 13.3. The quantitative estimate of drug-likeness (QED) is 0.773. The lowest BCUT2D eigenvalue weighted by Crippen LogP contribution is -2.26. The number of alkyl halides is 3. The lowest BCUT2D eigenvalue weighted by atomic mass is 9.99. The third-order valence-corrected chi connectivity index (χ3v) is 2.22. The highest BCUT2D eigenvalue weighted by atomic mass is 35.5. The van der Waals surface area contributed by atoms with E-state index in [0.29, 0.717) is 0 Å². The maximum absolute atomic E-state index is 12.6. The Balaban J connectivity index is 3.27. The molecule has 2 nitrogen and oxygen atoms in total. The summed E-state index contributed by atoms with van der Waals surface area (Å²) in [5.41, 5.74) is -0.280. The Bertz CT molecular complexity index is 390. The highest BCUT2D eigenvalue weighted by Gasteiger charge is 2.46. The van der Waals surface area contributed by atoms with Crippen LogP contribution >= 0.6 is 11.6 Å². The summed E-state index contributed by atoms with van der Waals surface area (Å²) in [5.74, 6) is -2.37. The Morgan fingerprint density at radius 2 is 1.94 bits per heavy atom. The second-order valence-electron chi connectivity index (χ2n) is 3.02. The summed E-state index contributed by atoms with van der Waals surface area (Å²) in [6.07, 6.45) is -4.73. The predicted molar refractivity (Wildman–Crippen MR) is 52.7 cm³/mol. The van der Waals surface area contributed by atoms with E-state index in [1.165, 1.54) is 25.3 Å². The smallest absolute Gasteiger partial charge is 0.404 e. The highest BCUT2D eigenvalue weighted by Crippen LogP contribution is 2.40. The first-order valence-electron chi connectivity index (χ1n) is 4.27. The zero-order valence-electron chi connectivity index (χ0n) is 8.22. The zero-order valence-corrected chi connectivity index (χ0v) is 8.97. The minimum Gasteiger partial charge on any atom is -0.496 e. The van der Waals surface area contributed by atoms with Crippen molar-refractivity contribution in [2.45, 2.75) is 12.1 Å². The van der Waals surface area contributed by atoms with Gasteiger partial charge >= 0.3 is 6.18 Å². The van der Waals surface area contributed by atoms with Crippen LogP contribution in [0.25, 0.3) is 0 Å². The van der Waals surface area contributed by atoms with E-state index < -0.39 is 17.3 Å². The van der Waals surface area contributed by atoms with Gasteiger partial charge < -0.3 is 4.74 Å². The fourth-order valence-corrected chi connectivity index (χ4v) is 1.57. The molecule has 0 aliphatic rings. The van der Waals surface area contributed by atoms with Crippen LogP contribution in [0.1, 0.15) is 11.5 Å². The molecule has 0 saturated carbocycles. The molecule has 0 fully saturated rings. The zero-order chi connectivity index (χ0) is 12.3. The number of carbonyl (C=O) groups is 1. The molecule has 0 N–H and O–H groups in total. The summed E-state index contributed by atoms with van der Waals surface area (Å²) in [6.45, 7) is 0. The lowest BCUT2D eigenvalue weighted by Gasteiger charge is -2.18. The maximum Gasteiger partial charge on any atom is 0.404 e. The van der Waals surface area contributed by atoms with Gasteiger partial charge in [0.05, 0.1) is 7.11 Å². The topological polar surface area (TPSA) is 26.3 Å². The van der Waals surface area contributed by atoms with E-state index in [0.717, 1.165) is 6.07 Å². The second-order valence-corrected chi connectivity index (χ2v) is 3.39. The van der Waals surface area contributed by atoms with Crippen LogP contribution < -0.4 is 4.74 Å². The van der Waals surface area contributed by atoms with E-state index in [-0.39, 0.29) is 11.3 Å². The number of para-hydroxylation sites is 1. The van der Waals surface area contributed by atoms with Crippen molar-refractivity contribution < 1.29 is 22.7 Å². The summed E-state index contributed by atoms with van der Waals surface area (Å²) in [6, 6.07) is 5.40. The maximum atomic E-state index is 12.6. The molecule has 1 rings (SSSR count). The van der Waals surface area contributed by atoms with Gasteiger partial charge in [0.2, 0.25) is 5.24 Å². The van der Waals surface area contributed by atoms with Gasteiger partial charge in [0, 0.05) is 5.56 Å². The van der Waals surface area contributed by atoms with E-state index in [9.17, 15) is 18.0 Å². The SMILES string of the molecule is COc1ccccc1C(C(=O)Cl)C(F)(F)F. The van der Waals surface area contributed by atoms with Crippen molar-refractivity contribution >= 4 is 16.8 Å². The van der Waals surface area contributed by atoms with Gasteiger partial charge in [0.25, 0.3) is 0 Å². The fraction of sp³-hybridized carbons (Fsp3) is 0.300. The summed E-state index contributed by atoms with van der Waals surface area (Å²) in [7, 11) is 1.23. The Kier molecular flexibility index (Phi) is 3.80. The van der Waals surface area contributed by atoms with E-state index in [1.54, 1.807) is 0 Å². The number of halogens is 4. The van der Waals surface area contributed by atoms with Crippen molar-refractivity contribution in [1.82, 2.24) is 0 Å². The Hall–Kier alpha value is -1.23. The van der Waals surface area contributed by atoms with Gasteiger partial charge in [0.1, 0.15) is 5.75 Å². The molecule has 88 valence electrons. The molecule has 1 unspecified atom stereocenters. The Morgan fingerprint density at radius 1 is 1.38 bits per heavy atom. The third kappa shape index (κ3) is 2.66. The number of rotatable bonds is 3. The number of hydrogen-bond donors (Lipinski definition) is 0. The molecule has 0 amide bonds. The molecule has 1 atom stereocenters. The van der Waals surface area contributed by atoms with E-state index >= 15 is 0 Å². The first kappa shape index (κ1) is 12.8. The number of carbonyl (C=O) groups excluding carboxylic acids is 1. The van der Waals surface area contributed by atoms with E-state index in [2.05, 4.69) is 0 Å². The summed E-state index contributed by atoms with van der Waals surface area (Å²) >= 11 is 4.98. The predicted octanol–water partition coefficient (Wildman–Crippen LogP) is 3.11. The van der Waals surface area contributed by atoms with Crippen molar-refractivity contribution in [3.05, 3.63) is 29.8 Å². The largest absolute Gasteiger partial charge is 0.496 e. The van der Waals surface area contributed by atoms with E-state index in [4.69, 9.17) is 16.3 Å². The fourth-order valence-electron chi connectivity index (χ4n) is 1.33. The number of ether oxygens (including phenoxy) is 1. The van der Waals surface area contributed by atoms with Crippen molar-refractivity contribution in [2.75, 3.05) is 7.11 Å². The Morgan fingerprint density at radius 3 is 2.38 bits per heavy atom. The summed E-state index contributed by atoms with van der Waals surface area (Å²) < 4.78 is 42.6. The Labute approximate surface area is 95.0 Å². The summed E-state index contributed by atoms with van der Waals surface area (Å²) in [4.78, 5) is 10.8. The minimum absolute atomic E-state index is 0.0150. The van der Waals surface area contributed by atoms with Crippen molar-refractivity contribution in [1.29, 1.82) is 0 Å². The van der Waals surface area contributed by atoms with Gasteiger partial charge in [-0.2, -0.15) is 13.2 Å². The van der Waals surface area contributed by atoms with Crippen LogP contribution in [0.3, 0.4) is 0 Å². The van der Waals surface area contributed by atoms with Crippen LogP contribution in [-0.2, 0) is 4.79 Å². The third-order valence-electron chi connectivity index (χ3n) is 2.00. The van der Waals surface area contributed by atoms with Crippen molar-refractivity contribution in [2.24, 2.45) is 0 Å². The molecular weight excluding hydrogens is 245 g/mol. The first-order chi connectivity index (χ1) is 7.38. The number of benzene rings is 1. The van der Waals surface area contributed by atoms with Crippen LogP contribution in [0.2, 0.25) is 0 Å². The molecular formula is C10H8ClF3O2. The lowest BCUT2D eigenvalue weighted by molar-refractivity contribution is -0.158. The van der Waals surface area contributed by atoms with Crippen LogP contribution in [0.15, 0.2) is 24.3 Å². The van der Waals surface area contributed by atoms with Gasteiger partial charge in [0.15, 0.2) is 5.92 Å². The average molecular weight is 253 g/mol. The standard InChI is InChI=1S/C10H8ClF3O2/c1-16-7-5-3-2-4-6(7)8(9(11)15)10(12,13)14/h2-5,8H,1H3. The molecule has 0 spiro atoms. The van der Waals surface area contributed by atoms with Crippen molar-refractivity contribution in [3.63, 3.8) is 0 Å². The number of hydrogen-bond acceptors (Lipinski definition) is 2. The molecule has 0 radical (unpaired) electrons. The molecule has 1 aromatic carbocycles. The van der Waals surface area contributed by atoms with Gasteiger partial charge in [-0.3, -0.25) is 4.79 Å². The summed E-state index contributed by atoms with van der Waals surface area (Å²) in [5, 5.41) is -1.48. The molecule has 0 aliphatic carbocycles. The van der Waals surface area contributed by atoms with Crippen LogP contribution in [0.5, 0.6) is 5.75 Å². The second kappa shape index (κ2) is 4.74. The van der Waals surface area contributed by atoms with Gasteiger partial charge in [-0.1, -0.05) is 18.2 Å². The molecule has 1 aromatic rings. The van der Waals surface area contributed by atoms with Gasteiger partial charge in [-0.15, -0.1) is 0 Å².